The summed E-state index contributed by atoms with van der Waals surface area (Å²) in [4.78, 5) is 14.6. The van der Waals surface area contributed by atoms with Gasteiger partial charge < -0.3 is 10.5 Å². The zero-order valence-corrected chi connectivity index (χ0v) is 11.7. The van der Waals surface area contributed by atoms with Crippen LogP contribution in [0.2, 0.25) is 0 Å². The average molecular weight is 254 g/mol. The van der Waals surface area contributed by atoms with Crippen molar-refractivity contribution in [2.24, 2.45) is 11.7 Å². The van der Waals surface area contributed by atoms with Gasteiger partial charge in [-0.3, -0.25) is 4.90 Å². The summed E-state index contributed by atoms with van der Waals surface area (Å²) in [5, 5.41) is 0. The Labute approximate surface area is 110 Å². The third-order valence-electron chi connectivity index (χ3n) is 4.40. The molecule has 1 aliphatic carbocycles. The van der Waals surface area contributed by atoms with E-state index in [0.29, 0.717) is 25.1 Å². The smallest absolute Gasteiger partial charge is 0.327 e. The molecule has 2 fully saturated rings. The Bertz CT molecular complexity index is 304. The summed E-state index contributed by atoms with van der Waals surface area (Å²) in [7, 11) is 0. The number of hydrogen-bond acceptors (Lipinski definition) is 4. The highest BCUT2D eigenvalue weighted by Gasteiger charge is 2.50. The Morgan fingerprint density at radius 1 is 1.39 bits per heavy atom. The van der Waals surface area contributed by atoms with Gasteiger partial charge in [0.05, 0.1) is 6.61 Å². The van der Waals surface area contributed by atoms with E-state index in [1.165, 1.54) is 12.8 Å². The molecule has 2 aliphatic rings. The van der Waals surface area contributed by atoms with Gasteiger partial charge in [0.1, 0.15) is 5.54 Å². The van der Waals surface area contributed by atoms with Gasteiger partial charge in [0, 0.05) is 12.6 Å². The molecule has 0 amide bonds. The predicted octanol–water partition coefficient (Wildman–Crippen LogP) is 1.53. The van der Waals surface area contributed by atoms with Gasteiger partial charge in [-0.25, -0.2) is 4.79 Å². The predicted molar refractivity (Wildman–Crippen MR) is 71.2 cm³/mol. The van der Waals surface area contributed by atoms with Crippen molar-refractivity contribution in [1.82, 2.24) is 4.90 Å². The second kappa shape index (κ2) is 5.57. The molecule has 0 aromatic heterocycles. The van der Waals surface area contributed by atoms with Crippen LogP contribution in [-0.2, 0) is 9.53 Å². The number of esters is 1. The van der Waals surface area contributed by atoms with Gasteiger partial charge in [0.25, 0.3) is 0 Å². The van der Waals surface area contributed by atoms with E-state index in [9.17, 15) is 4.79 Å². The Kier molecular flexibility index (Phi) is 4.28. The van der Waals surface area contributed by atoms with Crippen LogP contribution in [-0.4, -0.2) is 42.1 Å². The van der Waals surface area contributed by atoms with E-state index < -0.39 is 5.54 Å². The van der Waals surface area contributed by atoms with E-state index in [1.54, 1.807) is 0 Å². The molecule has 1 aliphatic heterocycles. The summed E-state index contributed by atoms with van der Waals surface area (Å²) < 4.78 is 5.20. The number of carbonyl (C=O) groups excluding carboxylic acids is 1. The lowest BCUT2D eigenvalue weighted by molar-refractivity contribution is -0.151. The van der Waals surface area contributed by atoms with Gasteiger partial charge in [0.15, 0.2) is 0 Å². The first-order chi connectivity index (χ1) is 8.61. The number of hydrogen-bond donors (Lipinski definition) is 1. The van der Waals surface area contributed by atoms with E-state index in [1.807, 2.05) is 6.92 Å². The Balaban J connectivity index is 2.03. The number of carbonyl (C=O) groups is 1. The highest BCUT2D eigenvalue weighted by Crippen LogP contribution is 2.40. The van der Waals surface area contributed by atoms with E-state index in [-0.39, 0.29) is 5.97 Å². The van der Waals surface area contributed by atoms with Crippen LogP contribution in [0.5, 0.6) is 0 Å². The number of nitrogens with zero attached hydrogens (tertiary/aromatic N) is 1. The first-order valence-electron chi connectivity index (χ1n) is 7.32. The summed E-state index contributed by atoms with van der Waals surface area (Å²) in [5.74, 6) is 0.129. The zero-order valence-electron chi connectivity index (χ0n) is 11.7. The molecule has 0 bridgehead atoms. The number of rotatable bonds is 6. The SMILES string of the molecule is CCOC(=O)C(N)(CN1CCCC1CC)C1CC1. The minimum atomic E-state index is -0.770. The third-order valence-corrected chi connectivity index (χ3v) is 4.40. The zero-order chi connectivity index (χ0) is 13.2. The summed E-state index contributed by atoms with van der Waals surface area (Å²) in [6.45, 7) is 6.22. The molecule has 2 atom stereocenters. The molecule has 1 saturated heterocycles. The first-order valence-corrected chi connectivity index (χ1v) is 7.32. The molecule has 0 aromatic rings. The van der Waals surface area contributed by atoms with Crippen LogP contribution in [0.3, 0.4) is 0 Å². The van der Waals surface area contributed by atoms with Crippen molar-refractivity contribution in [3.8, 4) is 0 Å². The van der Waals surface area contributed by atoms with Crippen LogP contribution >= 0.6 is 0 Å². The maximum Gasteiger partial charge on any atom is 0.327 e. The molecule has 4 nitrogen and oxygen atoms in total. The molecular formula is C14H26N2O2. The summed E-state index contributed by atoms with van der Waals surface area (Å²) in [5.41, 5.74) is 5.64. The average Bonchev–Trinajstić information content (AvgIpc) is 3.12. The van der Waals surface area contributed by atoms with Gasteiger partial charge in [-0.2, -0.15) is 0 Å². The monoisotopic (exact) mass is 254 g/mol. The molecule has 104 valence electrons. The van der Waals surface area contributed by atoms with Crippen molar-refractivity contribution in [2.45, 2.75) is 57.5 Å². The molecule has 0 radical (unpaired) electrons. The van der Waals surface area contributed by atoms with Crippen LogP contribution in [0.15, 0.2) is 0 Å². The molecule has 1 heterocycles. The lowest BCUT2D eigenvalue weighted by atomic mass is 9.93. The third kappa shape index (κ3) is 2.69. The van der Waals surface area contributed by atoms with Crippen LogP contribution in [0.25, 0.3) is 0 Å². The quantitative estimate of drug-likeness (QED) is 0.730. The normalized spacial score (nSPS) is 28.1. The largest absolute Gasteiger partial charge is 0.465 e. The van der Waals surface area contributed by atoms with Crippen LogP contribution < -0.4 is 5.73 Å². The minimum Gasteiger partial charge on any atom is -0.465 e. The summed E-state index contributed by atoms with van der Waals surface area (Å²) >= 11 is 0. The van der Waals surface area contributed by atoms with Crippen molar-refractivity contribution in [1.29, 1.82) is 0 Å². The Hall–Kier alpha value is -0.610. The number of likely N-dealkylation sites (tertiary alicyclic amines) is 1. The van der Waals surface area contributed by atoms with Gasteiger partial charge >= 0.3 is 5.97 Å². The summed E-state index contributed by atoms with van der Waals surface area (Å²) in [6.07, 6.45) is 5.74. The van der Waals surface area contributed by atoms with Crippen LogP contribution in [0.4, 0.5) is 0 Å². The maximum atomic E-state index is 12.2. The molecular weight excluding hydrogens is 228 g/mol. The van der Waals surface area contributed by atoms with Gasteiger partial charge in [-0.1, -0.05) is 6.92 Å². The van der Waals surface area contributed by atoms with E-state index in [2.05, 4.69) is 11.8 Å². The summed E-state index contributed by atoms with van der Waals surface area (Å²) in [6, 6.07) is 0.598. The molecule has 18 heavy (non-hydrogen) atoms. The highest BCUT2D eigenvalue weighted by molar-refractivity contribution is 5.82. The Morgan fingerprint density at radius 3 is 2.67 bits per heavy atom. The molecule has 2 rings (SSSR count). The topological polar surface area (TPSA) is 55.6 Å². The van der Waals surface area contributed by atoms with E-state index in [4.69, 9.17) is 10.5 Å². The molecule has 0 spiro atoms. The van der Waals surface area contributed by atoms with Crippen LogP contribution in [0, 0.1) is 5.92 Å². The molecule has 4 heteroatoms. The van der Waals surface area contributed by atoms with Crippen molar-refractivity contribution in [3.63, 3.8) is 0 Å². The van der Waals surface area contributed by atoms with Crippen molar-refractivity contribution in [3.05, 3.63) is 0 Å². The van der Waals surface area contributed by atoms with E-state index >= 15 is 0 Å². The number of nitrogens with two attached hydrogens (primary N) is 1. The van der Waals surface area contributed by atoms with Gasteiger partial charge in [-0.15, -0.1) is 0 Å². The van der Waals surface area contributed by atoms with Crippen molar-refractivity contribution >= 4 is 5.97 Å². The molecule has 1 saturated carbocycles. The molecule has 0 aromatic carbocycles. The maximum absolute atomic E-state index is 12.2. The minimum absolute atomic E-state index is 0.200. The van der Waals surface area contributed by atoms with Gasteiger partial charge in [-0.05, 0) is 51.5 Å². The highest BCUT2D eigenvalue weighted by atomic mass is 16.5. The van der Waals surface area contributed by atoms with Gasteiger partial charge in [0.2, 0.25) is 0 Å². The fourth-order valence-electron chi connectivity index (χ4n) is 3.13. The second-order valence-electron chi connectivity index (χ2n) is 5.71. The molecule has 2 unspecified atom stereocenters. The van der Waals surface area contributed by atoms with E-state index in [0.717, 1.165) is 25.8 Å². The lowest BCUT2D eigenvalue weighted by Gasteiger charge is -2.34. The van der Waals surface area contributed by atoms with Crippen molar-refractivity contribution < 1.29 is 9.53 Å². The lowest BCUT2D eigenvalue weighted by Crippen LogP contribution is -2.59. The van der Waals surface area contributed by atoms with Crippen LogP contribution in [0.1, 0.15) is 46.0 Å². The standard InChI is InChI=1S/C14H26N2O2/c1-3-12-6-5-9-16(12)10-14(15,11-7-8-11)13(17)18-4-2/h11-12H,3-10,15H2,1-2H3. The Morgan fingerprint density at radius 2 is 2.11 bits per heavy atom. The van der Waals surface area contributed by atoms with Crippen molar-refractivity contribution in [2.75, 3.05) is 19.7 Å². The second-order valence-corrected chi connectivity index (χ2v) is 5.71. The number of ether oxygens (including phenoxy) is 1. The first kappa shape index (κ1) is 13.8. The fourth-order valence-corrected chi connectivity index (χ4v) is 3.13. The molecule has 2 N–H and O–H groups in total. The fraction of sp³-hybridized carbons (Fsp3) is 0.929.